The van der Waals surface area contributed by atoms with Crippen LogP contribution in [0.25, 0.3) is 10.9 Å². The molecule has 23 heavy (non-hydrogen) atoms. The predicted octanol–water partition coefficient (Wildman–Crippen LogP) is 3.73. The lowest BCUT2D eigenvalue weighted by molar-refractivity contribution is -0.121. The second-order valence-corrected chi connectivity index (χ2v) is 6.06. The second-order valence-electron chi connectivity index (χ2n) is 5.20. The Hall–Kier alpha value is -2.27. The number of ether oxygens (including phenoxy) is 1. The molecule has 0 saturated heterocycles. The van der Waals surface area contributed by atoms with E-state index in [2.05, 4.69) is 21.2 Å². The van der Waals surface area contributed by atoms with E-state index in [1.807, 2.05) is 59.3 Å². The van der Waals surface area contributed by atoms with Gasteiger partial charge in [0, 0.05) is 33.7 Å². The number of para-hydroxylation sites is 1. The molecule has 0 spiro atoms. The lowest BCUT2D eigenvalue weighted by Gasteiger charge is -2.10. The van der Waals surface area contributed by atoms with Crippen LogP contribution >= 0.6 is 15.9 Å². The van der Waals surface area contributed by atoms with Gasteiger partial charge >= 0.3 is 0 Å². The van der Waals surface area contributed by atoms with E-state index in [4.69, 9.17) is 4.74 Å². The molecule has 118 valence electrons. The van der Waals surface area contributed by atoms with Crippen molar-refractivity contribution in [1.29, 1.82) is 0 Å². The summed E-state index contributed by atoms with van der Waals surface area (Å²) >= 11 is 3.53. The van der Waals surface area contributed by atoms with Gasteiger partial charge in [0.15, 0.2) is 0 Å². The molecule has 3 aromatic rings. The number of hydrogen-bond donors (Lipinski definition) is 1. The van der Waals surface area contributed by atoms with Crippen LogP contribution in [0.3, 0.4) is 0 Å². The fourth-order valence-corrected chi connectivity index (χ4v) is 3.07. The van der Waals surface area contributed by atoms with Gasteiger partial charge in [-0.05, 0) is 24.3 Å². The summed E-state index contributed by atoms with van der Waals surface area (Å²) in [6.45, 7) is 0.737. The predicted molar refractivity (Wildman–Crippen MR) is 94.5 cm³/mol. The van der Waals surface area contributed by atoms with Gasteiger partial charge in [0.2, 0.25) is 5.91 Å². The van der Waals surface area contributed by atoms with Crippen LogP contribution in [0.1, 0.15) is 5.56 Å². The normalized spacial score (nSPS) is 10.7. The average Bonchev–Trinajstić information content (AvgIpc) is 2.97. The lowest BCUT2D eigenvalue weighted by atomic mass is 10.2. The van der Waals surface area contributed by atoms with E-state index < -0.39 is 0 Å². The average molecular weight is 373 g/mol. The quantitative estimate of drug-likeness (QED) is 0.741. The molecule has 0 bridgehead atoms. The van der Waals surface area contributed by atoms with Gasteiger partial charge in [0.1, 0.15) is 12.3 Å². The Morgan fingerprint density at radius 2 is 2.00 bits per heavy atom. The molecule has 0 fully saturated rings. The smallest absolute Gasteiger partial charge is 0.240 e. The molecule has 0 saturated carbocycles. The minimum absolute atomic E-state index is 0.0339. The number of carbonyl (C=O) groups is 1. The molecule has 0 unspecified atom stereocenters. The first kappa shape index (κ1) is 15.6. The minimum Gasteiger partial charge on any atom is -0.496 e. The molecule has 0 aliphatic rings. The van der Waals surface area contributed by atoms with Crippen LogP contribution in [-0.2, 0) is 17.9 Å². The topological polar surface area (TPSA) is 43.3 Å². The van der Waals surface area contributed by atoms with Gasteiger partial charge in [0.25, 0.3) is 0 Å². The summed E-state index contributed by atoms with van der Waals surface area (Å²) in [5, 5.41) is 4.04. The maximum atomic E-state index is 12.2. The molecule has 1 amide bonds. The Morgan fingerprint density at radius 1 is 1.17 bits per heavy atom. The van der Waals surface area contributed by atoms with Crippen molar-refractivity contribution in [3.8, 4) is 5.75 Å². The minimum atomic E-state index is -0.0339. The van der Waals surface area contributed by atoms with Crippen molar-refractivity contribution in [1.82, 2.24) is 9.88 Å². The Labute approximate surface area is 143 Å². The van der Waals surface area contributed by atoms with E-state index >= 15 is 0 Å². The molecule has 0 aliphatic carbocycles. The van der Waals surface area contributed by atoms with Gasteiger partial charge in [-0.15, -0.1) is 0 Å². The van der Waals surface area contributed by atoms with Crippen molar-refractivity contribution >= 4 is 32.7 Å². The van der Waals surface area contributed by atoms with Gasteiger partial charge in [0.05, 0.1) is 7.11 Å². The van der Waals surface area contributed by atoms with E-state index in [0.717, 1.165) is 26.7 Å². The highest BCUT2D eigenvalue weighted by Crippen LogP contribution is 2.24. The van der Waals surface area contributed by atoms with E-state index in [-0.39, 0.29) is 12.5 Å². The highest BCUT2D eigenvalue weighted by Gasteiger charge is 2.09. The monoisotopic (exact) mass is 372 g/mol. The number of rotatable bonds is 5. The summed E-state index contributed by atoms with van der Waals surface area (Å²) in [4.78, 5) is 12.2. The zero-order valence-electron chi connectivity index (χ0n) is 12.8. The molecule has 3 rings (SSSR count). The molecule has 5 heteroatoms. The number of aromatic nitrogens is 1. The highest BCUT2D eigenvalue weighted by atomic mass is 79.9. The van der Waals surface area contributed by atoms with Crippen LogP contribution in [0.5, 0.6) is 5.75 Å². The fourth-order valence-electron chi connectivity index (χ4n) is 2.58. The van der Waals surface area contributed by atoms with Crippen molar-refractivity contribution in [2.75, 3.05) is 7.11 Å². The third kappa shape index (κ3) is 3.40. The summed E-state index contributed by atoms with van der Waals surface area (Å²) in [6.07, 6.45) is 1.93. The van der Waals surface area contributed by atoms with Crippen molar-refractivity contribution < 1.29 is 9.53 Å². The Morgan fingerprint density at radius 3 is 2.83 bits per heavy atom. The number of carbonyl (C=O) groups excluding carboxylic acids is 1. The summed E-state index contributed by atoms with van der Waals surface area (Å²) < 4.78 is 8.27. The SMILES string of the molecule is COc1ccccc1CNC(=O)Cn1ccc2c(Br)cccc21. The van der Waals surface area contributed by atoms with Crippen LogP contribution in [-0.4, -0.2) is 17.6 Å². The molecule has 0 aliphatic heterocycles. The molecule has 0 radical (unpaired) electrons. The number of fused-ring (bicyclic) bond motifs is 1. The summed E-state index contributed by atoms with van der Waals surface area (Å²) in [6, 6.07) is 15.7. The summed E-state index contributed by atoms with van der Waals surface area (Å²) in [7, 11) is 1.63. The van der Waals surface area contributed by atoms with Gasteiger partial charge in [-0.25, -0.2) is 0 Å². The largest absolute Gasteiger partial charge is 0.496 e. The first-order chi connectivity index (χ1) is 11.2. The molecule has 0 atom stereocenters. The number of hydrogen-bond acceptors (Lipinski definition) is 2. The first-order valence-corrected chi connectivity index (χ1v) is 8.10. The maximum absolute atomic E-state index is 12.2. The van der Waals surface area contributed by atoms with E-state index in [0.29, 0.717) is 6.54 Å². The maximum Gasteiger partial charge on any atom is 0.240 e. The van der Waals surface area contributed by atoms with Crippen molar-refractivity contribution in [3.05, 3.63) is 64.8 Å². The third-order valence-corrected chi connectivity index (χ3v) is 4.43. The van der Waals surface area contributed by atoms with Crippen molar-refractivity contribution in [2.24, 2.45) is 0 Å². The molecule has 1 N–H and O–H groups in total. The van der Waals surface area contributed by atoms with Gasteiger partial charge in [-0.1, -0.05) is 40.2 Å². The number of benzene rings is 2. The van der Waals surface area contributed by atoms with E-state index in [1.165, 1.54) is 0 Å². The molecule has 4 nitrogen and oxygen atoms in total. The van der Waals surface area contributed by atoms with Gasteiger partial charge in [-0.2, -0.15) is 0 Å². The fraction of sp³-hybridized carbons (Fsp3) is 0.167. The molecule has 2 aromatic carbocycles. The molecular formula is C18H17BrN2O2. The number of nitrogens with zero attached hydrogens (tertiary/aromatic N) is 1. The van der Waals surface area contributed by atoms with Crippen molar-refractivity contribution in [2.45, 2.75) is 13.1 Å². The summed E-state index contributed by atoms with van der Waals surface area (Å²) in [5.74, 6) is 0.747. The van der Waals surface area contributed by atoms with Crippen LogP contribution in [0.15, 0.2) is 59.2 Å². The number of halogens is 1. The zero-order valence-corrected chi connectivity index (χ0v) is 14.3. The molecule has 1 aromatic heterocycles. The Bertz CT molecular complexity index is 842. The van der Waals surface area contributed by atoms with Crippen LogP contribution in [0.4, 0.5) is 0 Å². The summed E-state index contributed by atoms with van der Waals surface area (Å²) in [5.41, 5.74) is 2.00. The molecular weight excluding hydrogens is 356 g/mol. The number of methoxy groups -OCH3 is 1. The number of nitrogens with one attached hydrogen (secondary N) is 1. The van der Waals surface area contributed by atoms with Gasteiger partial charge in [-0.3, -0.25) is 4.79 Å². The van der Waals surface area contributed by atoms with Crippen molar-refractivity contribution in [3.63, 3.8) is 0 Å². The lowest BCUT2D eigenvalue weighted by Crippen LogP contribution is -2.27. The van der Waals surface area contributed by atoms with E-state index in [1.54, 1.807) is 7.11 Å². The van der Waals surface area contributed by atoms with Crippen LogP contribution < -0.4 is 10.1 Å². The van der Waals surface area contributed by atoms with Crippen LogP contribution in [0, 0.1) is 0 Å². The zero-order chi connectivity index (χ0) is 16.2. The highest BCUT2D eigenvalue weighted by molar-refractivity contribution is 9.10. The standard InChI is InChI=1S/C18H17BrN2O2/c1-23-17-8-3-2-5-13(17)11-20-18(22)12-21-10-9-14-15(19)6-4-7-16(14)21/h2-10H,11-12H2,1H3,(H,20,22). The third-order valence-electron chi connectivity index (χ3n) is 3.74. The Balaban J connectivity index is 1.68. The van der Waals surface area contributed by atoms with E-state index in [9.17, 15) is 4.79 Å². The number of amides is 1. The second kappa shape index (κ2) is 6.87. The van der Waals surface area contributed by atoms with Crippen LogP contribution in [0.2, 0.25) is 0 Å². The first-order valence-electron chi connectivity index (χ1n) is 7.31. The Kier molecular flexibility index (Phi) is 4.67. The van der Waals surface area contributed by atoms with Gasteiger partial charge < -0.3 is 14.6 Å². The molecule has 1 heterocycles.